The van der Waals surface area contributed by atoms with Crippen molar-refractivity contribution in [2.45, 2.75) is 12.7 Å². The first-order chi connectivity index (χ1) is 7.24. The summed E-state index contributed by atoms with van der Waals surface area (Å²) in [6.45, 7) is -0.104. The van der Waals surface area contributed by atoms with Gasteiger partial charge in [0, 0.05) is 14.2 Å². The molecule has 1 aromatic rings. The first-order valence-electron chi connectivity index (χ1n) is 4.67. The van der Waals surface area contributed by atoms with Gasteiger partial charge in [0.2, 0.25) is 0 Å². The molecule has 0 spiro atoms. The van der Waals surface area contributed by atoms with Gasteiger partial charge < -0.3 is 15.2 Å². The molecule has 0 fully saturated rings. The Hall–Kier alpha value is -1.39. The van der Waals surface area contributed by atoms with E-state index in [2.05, 4.69) is 5.32 Å². The van der Waals surface area contributed by atoms with E-state index in [-0.39, 0.29) is 12.5 Å². The largest absolute Gasteiger partial charge is 0.392 e. The molecule has 0 saturated carbocycles. The minimum atomic E-state index is -0.668. The van der Waals surface area contributed by atoms with E-state index in [4.69, 9.17) is 9.84 Å². The Balaban J connectivity index is 3.05. The van der Waals surface area contributed by atoms with Crippen LogP contribution in [-0.4, -0.2) is 25.2 Å². The average molecular weight is 209 g/mol. The minimum Gasteiger partial charge on any atom is -0.392 e. The van der Waals surface area contributed by atoms with Crippen LogP contribution in [0, 0.1) is 0 Å². The summed E-state index contributed by atoms with van der Waals surface area (Å²) in [4.78, 5) is 11.5. The van der Waals surface area contributed by atoms with Crippen molar-refractivity contribution < 1.29 is 14.6 Å². The van der Waals surface area contributed by atoms with Gasteiger partial charge in [-0.2, -0.15) is 0 Å². The molecule has 0 aliphatic carbocycles. The van der Waals surface area contributed by atoms with E-state index in [1.807, 2.05) is 12.1 Å². The topological polar surface area (TPSA) is 58.6 Å². The normalized spacial score (nSPS) is 12.2. The molecule has 1 atom stereocenters. The third-order valence-corrected chi connectivity index (χ3v) is 2.23. The summed E-state index contributed by atoms with van der Waals surface area (Å²) in [5, 5.41) is 11.7. The van der Waals surface area contributed by atoms with Gasteiger partial charge in [-0.05, 0) is 11.1 Å². The molecule has 0 saturated heterocycles. The van der Waals surface area contributed by atoms with E-state index < -0.39 is 6.10 Å². The second-order valence-corrected chi connectivity index (χ2v) is 3.09. The molecule has 2 N–H and O–H groups in total. The van der Waals surface area contributed by atoms with Crippen LogP contribution in [0.4, 0.5) is 0 Å². The van der Waals surface area contributed by atoms with E-state index >= 15 is 0 Å². The lowest BCUT2D eigenvalue weighted by Crippen LogP contribution is -2.27. The Kier molecular flexibility index (Phi) is 4.27. The number of ether oxygens (including phenoxy) is 1. The van der Waals surface area contributed by atoms with Crippen molar-refractivity contribution in [1.82, 2.24) is 5.32 Å². The number of rotatable bonds is 4. The number of methoxy groups -OCH3 is 1. The predicted molar refractivity (Wildman–Crippen MR) is 56.2 cm³/mol. The second-order valence-electron chi connectivity index (χ2n) is 3.09. The van der Waals surface area contributed by atoms with Gasteiger partial charge in [-0.3, -0.25) is 4.79 Å². The number of benzene rings is 1. The quantitative estimate of drug-likeness (QED) is 0.764. The van der Waals surface area contributed by atoms with Crippen LogP contribution < -0.4 is 5.32 Å². The molecule has 1 aromatic carbocycles. The lowest BCUT2D eigenvalue weighted by molar-refractivity contribution is -0.130. The highest BCUT2D eigenvalue weighted by Crippen LogP contribution is 2.21. The fraction of sp³-hybridized carbons (Fsp3) is 0.364. The van der Waals surface area contributed by atoms with Gasteiger partial charge in [-0.15, -0.1) is 0 Å². The summed E-state index contributed by atoms with van der Waals surface area (Å²) < 4.78 is 5.11. The number of carbonyl (C=O) groups excluding carboxylic acids is 1. The molecule has 4 nitrogen and oxygen atoms in total. The second kappa shape index (κ2) is 5.48. The van der Waals surface area contributed by atoms with E-state index in [1.54, 1.807) is 19.2 Å². The van der Waals surface area contributed by atoms with Crippen molar-refractivity contribution >= 4 is 5.91 Å². The number of hydrogen-bond acceptors (Lipinski definition) is 3. The van der Waals surface area contributed by atoms with Crippen LogP contribution in [0.1, 0.15) is 17.2 Å². The number of likely N-dealkylation sites (N-methyl/N-ethyl adjacent to an activating group) is 1. The molecule has 1 unspecified atom stereocenters. The number of aliphatic hydroxyl groups excluding tert-OH is 1. The maximum Gasteiger partial charge on any atom is 0.253 e. The van der Waals surface area contributed by atoms with Crippen molar-refractivity contribution in [3.8, 4) is 0 Å². The highest BCUT2D eigenvalue weighted by molar-refractivity contribution is 5.82. The van der Waals surface area contributed by atoms with Crippen LogP contribution in [0.2, 0.25) is 0 Å². The van der Waals surface area contributed by atoms with Crippen LogP contribution in [0.5, 0.6) is 0 Å². The molecular weight excluding hydrogens is 194 g/mol. The van der Waals surface area contributed by atoms with Gasteiger partial charge in [-0.1, -0.05) is 24.3 Å². The lowest BCUT2D eigenvalue weighted by atomic mass is 10.0. The molecule has 0 aromatic heterocycles. The Morgan fingerprint density at radius 3 is 2.73 bits per heavy atom. The number of nitrogens with one attached hydrogen (secondary N) is 1. The summed E-state index contributed by atoms with van der Waals surface area (Å²) >= 11 is 0. The maximum absolute atomic E-state index is 11.5. The van der Waals surface area contributed by atoms with Crippen LogP contribution in [0.15, 0.2) is 24.3 Å². The molecular formula is C11H15NO3. The van der Waals surface area contributed by atoms with Gasteiger partial charge in [0.05, 0.1) is 6.61 Å². The van der Waals surface area contributed by atoms with Crippen molar-refractivity contribution in [2.24, 2.45) is 0 Å². The highest BCUT2D eigenvalue weighted by atomic mass is 16.5. The Bertz CT molecular complexity index is 338. The van der Waals surface area contributed by atoms with Gasteiger partial charge in [-0.25, -0.2) is 0 Å². The molecule has 0 heterocycles. The molecule has 4 heteroatoms. The minimum absolute atomic E-state index is 0.104. The zero-order valence-electron chi connectivity index (χ0n) is 8.86. The van der Waals surface area contributed by atoms with Crippen LogP contribution in [0.3, 0.4) is 0 Å². The predicted octanol–water partition coefficient (Wildman–Crippen LogP) is 0.612. The standard InChI is InChI=1S/C11H15NO3/c1-12-11(14)10(15-2)9-6-4-3-5-8(9)7-13/h3-6,10,13H,7H2,1-2H3,(H,12,14). The maximum atomic E-state index is 11.5. The molecule has 82 valence electrons. The number of aliphatic hydroxyl groups is 1. The van der Waals surface area contributed by atoms with Crippen molar-refractivity contribution in [1.29, 1.82) is 0 Å². The Labute approximate surface area is 88.9 Å². The van der Waals surface area contributed by atoms with Crippen molar-refractivity contribution in [2.75, 3.05) is 14.2 Å². The molecule has 0 bridgehead atoms. The van der Waals surface area contributed by atoms with Crippen LogP contribution >= 0.6 is 0 Å². The van der Waals surface area contributed by atoms with Gasteiger partial charge >= 0.3 is 0 Å². The zero-order valence-corrected chi connectivity index (χ0v) is 8.86. The van der Waals surface area contributed by atoms with Crippen molar-refractivity contribution in [3.05, 3.63) is 35.4 Å². The fourth-order valence-electron chi connectivity index (χ4n) is 1.44. The van der Waals surface area contributed by atoms with E-state index in [1.165, 1.54) is 7.11 Å². The Morgan fingerprint density at radius 1 is 1.53 bits per heavy atom. The SMILES string of the molecule is CNC(=O)C(OC)c1ccccc1CO. The number of carbonyl (C=O) groups is 1. The zero-order chi connectivity index (χ0) is 11.3. The van der Waals surface area contributed by atoms with Gasteiger partial charge in [0.25, 0.3) is 5.91 Å². The molecule has 15 heavy (non-hydrogen) atoms. The van der Waals surface area contributed by atoms with Crippen molar-refractivity contribution in [3.63, 3.8) is 0 Å². The summed E-state index contributed by atoms with van der Waals surface area (Å²) in [5.41, 5.74) is 1.40. The van der Waals surface area contributed by atoms with E-state index in [9.17, 15) is 4.79 Å². The average Bonchev–Trinajstić information content (AvgIpc) is 2.30. The van der Waals surface area contributed by atoms with Crippen LogP contribution in [0.25, 0.3) is 0 Å². The highest BCUT2D eigenvalue weighted by Gasteiger charge is 2.20. The van der Waals surface area contributed by atoms with Gasteiger partial charge in [0.1, 0.15) is 0 Å². The molecule has 0 aliphatic heterocycles. The van der Waals surface area contributed by atoms with Crippen LogP contribution in [-0.2, 0) is 16.1 Å². The van der Waals surface area contributed by atoms with E-state index in [0.29, 0.717) is 11.1 Å². The first-order valence-corrected chi connectivity index (χ1v) is 4.67. The fourth-order valence-corrected chi connectivity index (χ4v) is 1.44. The molecule has 1 rings (SSSR count). The molecule has 1 amide bonds. The summed E-state index contributed by atoms with van der Waals surface area (Å²) in [7, 11) is 3.02. The van der Waals surface area contributed by atoms with E-state index in [0.717, 1.165) is 0 Å². The third kappa shape index (κ3) is 2.55. The lowest BCUT2D eigenvalue weighted by Gasteiger charge is -2.16. The summed E-state index contributed by atoms with van der Waals surface area (Å²) in [6, 6.07) is 7.16. The number of amides is 1. The number of hydrogen-bond donors (Lipinski definition) is 2. The summed E-state index contributed by atoms with van der Waals surface area (Å²) in [6.07, 6.45) is -0.668. The Morgan fingerprint density at radius 2 is 2.20 bits per heavy atom. The molecule has 0 aliphatic rings. The first kappa shape index (κ1) is 11.7. The summed E-state index contributed by atoms with van der Waals surface area (Å²) in [5.74, 6) is -0.224. The van der Waals surface area contributed by atoms with Gasteiger partial charge in [0.15, 0.2) is 6.10 Å². The third-order valence-electron chi connectivity index (χ3n) is 2.23. The molecule has 0 radical (unpaired) electrons. The monoisotopic (exact) mass is 209 g/mol. The smallest absolute Gasteiger partial charge is 0.253 e.